The predicted molar refractivity (Wildman–Crippen MR) is 97.6 cm³/mol. The van der Waals surface area contributed by atoms with Crippen LogP contribution in [0.4, 0.5) is 5.69 Å². The second-order valence-corrected chi connectivity index (χ2v) is 7.01. The molecule has 136 valence electrons. The molecular formula is C20H28N2O3. The van der Waals surface area contributed by atoms with Crippen molar-refractivity contribution in [2.45, 2.75) is 58.0 Å². The van der Waals surface area contributed by atoms with Gasteiger partial charge in [0.15, 0.2) is 0 Å². The van der Waals surface area contributed by atoms with Gasteiger partial charge < -0.3 is 9.64 Å². The van der Waals surface area contributed by atoms with Gasteiger partial charge in [-0.15, -0.1) is 0 Å². The van der Waals surface area contributed by atoms with E-state index in [-0.39, 0.29) is 30.5 Å². The fourth-order valence-corrected chi connectivity index (χ4v) is 4.00. The summed E-state index contributed by atoms with van der Waals surface area (Å²) in [5, 5.41) is 0. The average Bonchev–Trinajstić information content (AvgIpc) is 2.62. The highest BCUT2D eigenvalue weighted by atomic mass is 16.5. The number of fused-ring (bicyclic) bond motifs is 1. The van der Waals surface area contributed by atoms with Gasteiger partial charge in [0.2, 0.25) is 5.91 Å². The van der Waals surface area contributed by atoms with Crippen molar-refractivity contribution in [3.63, 3.8) is 0 Å². The van der Waals surface area contributed by atoms with Gasteiger partial charge in [0, 0.05) is 11.7 Å². The Balaban J connectivity index is 1.75. The zero-order valence-corrected chi connectivity index (χ0v) is 15.2. The van der Waals surface area contributed by atoms with Gasteiger partial charge in [-0.05, 0) is 57.7 Å². The van der Waals surface area contributed by atoms with Crippen LogP contribution in [0.1, 0.15) is 45.1 Å². The number of hydrogen-bond donors (Lipinski definition) is 0. The first kappa shape index (κ1) is 17.9. The molecule has 0 radical (unpaired) electrons. The minimum atomic E-state index is -0.284. The van der Waals surface area contributed by atoms with E-state index in [0.29, 0.717) is 6.61 Å². The second-order valence-electron chi connectivity index (χ2n) is 7.01. The van der Waals surface area contributed by atoms with E-state index in [1.807, 2.05) is 34.9 Å². The first-order valence-electron chi connectivity index (χ1n) is 9.42. The molecule has 1 aromatic rings. The van der Waals surface area contributed by atoms with E-state index < -0.39 is 0 Å². The molecule has 25 heavy (non-hydrogen) atoms. The molecule has 0 bridgehead atoms. The van der Waals surface area contributed by atoms with Gasteiger partial charge in [0.05, 0.1) is 13.2 Å². The molecule has 5 nitrogen and oxygen atoms in total. The van der Waals surface area contributed by atoms with E-state index in [1.165, 1.54) is 5.56 Å². The van der Waals surface area contributed by atoms with E-state index in [2.05, 4.69) is 13.0 Å². The summed E-state index contributed by atoms with van der Waals surface area (Å²) < 4.78 is 5.21. The van der Waals surface area contributed by atoms with Crippen LogP contribution < -0.4 is 4.90 Å². The number of ether oxygens (including phenoxy) is 1. The third kappa shape index (κ3) is 3.87. The van der Waals surface area contributed by atoms with Gasteiger partial charge in [-0.25, -0.2) is 0 Å². The lowest BCUT2D eigenvalue weighted by Crippen LogP contribution is -2.52. The second kappa shape index (κ2) is 8.00. The quantitative estimate of drug-likeness (QED) is 0.788. The average molecular weight is 344 g/mol. The summed E-state index contributed by atoms with van der Waals surface area (Å²) in [5.41, 5.74) is 2.26. The molecule has 5 heteroatoms. The molecule has 0 aromatic heterocycles. The fourth-order valence-electron chi connectivity index (χ4n) is 4.00. The SMILES string of the molecule is CCOC(=O)C1CCCCN1CC(=O)N1c2ccccc2CCC1C. The number of nitrogens with zero attached hydrogens (tertiary/aromatic N) is 2. The molecule has 1 amide bonds. The summed E-state index contributed by atoms with van der Waals surface area (Å²) in [6, 6.07) is 8.05. The molecule has 3 rings (SSSR count). The molecule has 0 spiro atoms. The van der Waals surface area contributed by atoms with Crippen LogP contribution in [0.5, 0.6) is 0 Å². The zero-order chi connectivity index (χ0) is 17.8. The predicted octanol–water partition coefficient (Wildman–Crippen LogP) is 2.77. The smallest absolute Gasteiger partial charge is 0.323 e. The lowest BCUT2D eigenvalue weighted by Gasteiger charge is -2.39. The van der Waals surface area contributed by atoms with E-state index in [4.69, 9.17) is 4.74 Å². The third-order valence-electron chi connectivity index (χ3n) is 5.30. The first-order chi connectivity index (χ1) is 12.1. The van der Waals surface area contributed by atoms with Crippen molar-refractivity contribution in [2.75, 3.05) is 24.6 Å². The third-order valence-corrected chi connectivity index (χ3v) is 5.30. The summed E-state index contributed by atoms with van der Waals surface area (Å²) in [6.07, 6.45) is 4.80. The van der Waals surface area contributed by atoms with Crippen molar-refractivity contribution >= 4 is 17.6 Å². The van der Waals surface area contributed by atoms with Crippen LogP contribution in [0.2, 0.25) is 0 Å². The molecule has 1 aromatic carbocycles. The summed E-state index contributed by atoms with van der Waals surface area (Å²) in [4.78, 5) is 29.3. The molecule has 0 aliphatic carbocycles. The van der Waals surface area contributed by atoms with Crippen LogP contribution in [-0.2, 0) is 20.7 Å². The van der Waals surface area contributed by atoms with Gasteiger partial charge in [-0.2, -0.15) is 0 Å². The van der Waals surface area contributed by atoms with Crippen LogP contribution in [0, 0.1) is 0 Å². The van der Waals surface area contributed by atoms with Crippen LogP contribution in [0.15, 0.2) is 24.3 Å². The van der Waals surface area contributed by atoms with Gasteiger partial charge in [-0.3, -0.25) is 14.5 Å². The van der Waals surface area contributed by atoms with Gasteiger partial charge in [0.1, 0.15) is 6.04 Å². The number of aryl methyl sites for hydroxylation is 1. The maximum Gasteiger partial charge on any atom is 0.323 e. The minimum absolute atomic E-state index is 0.0795. The molecule has 1 saturated heterocycles. The number of esters is 1. The first-order valence-corrected chi connectivity index (χ1v) is 9.42. The molecule has 2 unspecified atom stereocenters. The minimum Gasteiger partial charge on any atom is -0.465 e. The van der Waals surface area contributed by atoms with Crippen LogP contribution in [0.25, 0.3) is 0 Å². The number of anilines is 1. The van der Waals surface area contributed by atoms with Gasteiger partial charge in [-0.1, -0.05) is 24.6 Å². The van der Waals surface area contributed by atoms with Crippen molar-refractivity contribution < 1.29 is 14.3 Å². The zero-order valence-electron chi connectivity index (χ0n) is 15.2. The molecule has 0 saturated carbocycles. The van der Waals surface area contributed by atoms with Crippen LogP contribution in [-0.4, -0.2) is 48.6 Å². The van der Waals surface area contributed by atoms with E-state index in [1.54, 1.807) is 0 Å². The standard InChI is InChI=1S/C20H28N2O3/c1-3-25-20(24)18-10-6-7-13-21(18)14-19(23)22-15(2)11-12-16-8-4-5-9-17(16)22/h4-5,8-9,15,18H,3,6-7,10-14H2,1-2H3. The molecule has 1 fully saturated rings. The summed E-state index contributed by atoms with van der Waals surface area (Å²) in [7, 11) is 0. The highest BCUT2D eigenvalue weighted by Crippen LogP contribution is 2.31. The number of hydrogen-bond acceptors (Lipinski definition) is 4. The normalized spacial score (nSPS) is 23.8. The fraction of sp³-hybridized carbons (Fsp3) is 0.600. The number of rotatable bonds is 4. The molecular weight excluding hydrogens is 316 g/mol. The molecule has 2 aliphatic heterocycles. The maximum absolute atomic E-state index is 13.1. The number of piperidine rings is 1. The number of likely N-dealkylation sites (tertiary alicyclic amines) is 1. The van der Waals surface area contributed by atoms with E-state index in [0.717, 1.165) is 44.3 Å². The maximum atomic E-state index is 13.1. The van der Waals surface area contributed by atoms with Crippen molar-refractivity contribution in [2.24, 2.45) is 0 Å². The Labute approximate surface area is 149 Å². The lowest BCUT2D eigenvalue weighted by molar-refractivity contribution is -0.151. The van der Waals surface area contributed by atoms with Crippen LogP contribution >= 0.6 is 0 Å². The number of carbonyl (C=O) groups excluding carboxylic acids is 2. The number of para-hydroxylation sites is 1. The number of amides is 1. The molecule has 2 atom stereocenters. The Morgan fingerprint density at radius 1 is 1.20 bits per heavy atom. The molecule has 0 N–H and O–H groups in total. The molecule has 2 heterocycles. The number of benzene rings is 1. The number of carbonyl (C=O) groups is 2. The van der Waals surface area contributed by atoms with E-state index in [9.17, 15) is 9.59 Å². The van der Waals surface area contributed by atoms with Crippen molar-refractivity contribution in [1.29, 1.82) is 0 Å². The van der Waals surface area contributed by atoms with Crippen molar-refractivity contribution in [3.8, 4) is 0 Å². The Kier molecular flexibility index (Phi) is 5.74. The van der Waals surface area contributed by atoms with Crippen molar-refractivity contribution in [3.05, 3.63) is 29.8 Å². The topological polar surface area (TPSA) is 49.9 Å². The summed E-state index contributed by atoms with van der Waals surface area (Å²) in [6.45, 7) is 5.37. The van der Waals surface area contributed by atoms with Gasteiger partial charge in [0.25, 0.3) is 0 Å². The van der Waals surface area contributed by atoms with Gasteiger partial charge >= 0.3 is 5.97 Å². The monoisotopic (exact) mass is 344 g/mol. The summed E-state index contributed by atoms with van der Waals surface area (Å²) >= 11 is 0. The highest BCUT2D eigenvalue weighted by Gasteiger charge is 2.34. The summed E-state index contributed by atoms with van der Waals surface area (Å²) in [5.74, 6) is -0.113. The van der Waals surface area contributed by atoms with E-state index >= 15 is 0 Å². The Bertz CT molecular complexity index is 631. The van der Waals surface area contributed by atoms with Crippen LogP contribution in [0.3, 0.4) is 0 Å². The highest BCUT2D eigenvalue weighted by molar-refractivity contribution is 5.96. The largest absolute Gasteiger partial charge is 0.465 e. The lowest BCUT2D eigenvalue weighted by atomic mass is 9.96. The Hall–Kier alpha value is -1.88. The van der Waals surface area contributed by atoms with Crippen molar-refractivity contribution in [1.82, 2.24) is 4.90 Å². The Morgan fingerprint density at radius 2 is 2.00 bits per heavy atom. The Morgan fingerprint density at radius 3 is 2.80 bits per heavy atom. The molecule has 2 aliphatic rings.